The maximum absolute atomic E-state index is 10.2. The topological polar surface area (TPSA) is 130 Å². The van der Waals surface area contributed by atoms with E-state index in [1.165, 1.54) is 10.9 Å². The van der Waals surface area contributed by atoms with Crippen molar-refractivity contribution < 1.29 is 15.3 Å². The standard InChI is InChI=1S/C11H11Cl2N5O3/c12-4-3(1-19)7(20)8(21)6(4)18-10-5(17-11(18)13)9(14)15-2-16-10/h2,6-8,19-21H,1H2,(H2,14,15,16). The van der Waals surface area contributed by atoms with Gasteiger partial charge in [-0.05, 0) is 11.6 Å². The molecular formula is C11H11Cl2N5O3. The van der Waals surface area contributed by atoms with E-state index in [2.05, 4.69) is 15.0 Å². The van der Waals surface area contributed by atoms with E-state index >= 15 is 0 Å². The van der Waals surface area contributed by atoms with Crippen molar-refractivity contribution in [3.8, 4) is 0 Å². The van der Waals surface area contributed by atoms with E-state index in [4.69, 9.17) is 28.9 Å². The Bertz CT molecular complexity index is 747. The van der Waals surface area contributed by atoms with Crippen molar-refractivity contribution in [2.45, 2.75) is 18.2 Å². The van der Waals surface area contributed by atoms with Crippen LogP contribution in [0, 0.1) is 0 Å². The maximum Gasteiger partial charge on any atom is 0.205 e. The summed E-state index contributed by atoms with van der Waals surface area (Å²) in [6, 6.07) is -0.907. The summed E-state index contributed by atoms with van der Waals surface area (Å²) in [4.78, 5) is 11.9. The fourth-order valence-electron chi connectivity index (χ4n) is 2.44. The molecule has 112 valence electrons. The van der Waals surface area contributed by atoms with Crippen LogP contribution in [0.2, 0.25) is 5.28 Å². The first kappa shape index (κ1) is 14.5. The quantitative estimate of drug-likeness (QED) is 0.561. The van der Waals surface area contributed by atoms with Crippen molar-refractivity contribution in [1.29, 1.82) is 0 Å². The fourth-order valence-corrected chi connectivity index (χ4v) is 3.11. The van der Waals surface area contributed by atoms with E-state index < -0.39 is 24.9 Å². The smallest absolute Gasteiger partial charge is 0.205 e. The number of hydrogen-bond donors (Lipinski definition) is 4. The first-order valence-corrected chi connectivity index (χ1v) is 6.72. The van der Waals surface area contributed by atoms with Crippen LogP contribution in [0.15, 0.2) is 16.9 Å². The van der Waals surface area contributed by atoms with Gasteiger partial charge in [-0.3, -0.25) is 4.57 Å². The number of anilines is 1. The van der Waals surface area contributed by atoms with Crippen LogP contribution >= 0.6 is 23.2 Å². The van der Waals surface area contributed by atoms with Crippen molar-refractivity contribution in [3.05, 3.63) is 22.2 Å². The van der Waals surface area contributed by atoms with Crippen LogP contribution in [0.5, 0.6) is 0 Å². The summed E-state index contributed by atoms with van der Waals surface area (Å²) in [5.74, 6) is 0.135. The molecule has 0 fully saturated rings. The Morgan fingerprint density at radius 3 is 2.62 bits per heavy atom. The number of hydrogen-bond acceptors (Lipinski definition) is 7. The number of aromatic nitrogens is 4. The highest BCUT2D eigenvalue weighted by molar-refractivity contribution is 6.32. The normalized spacial score (nSPS) is 26.0. The van der Waals surface area contributed by atoms with Crippen LogP contribution in [0.4, 0.5) is 5.82 Å². The molecule has 0 saturated carbocycles. The van der Waals surface area contributed by atoms with Crippen LogP contribution in [0.1, 0.15) is 6.04 Å². The molecule has 0 aromatic carbocycles. The van der Waals surface area contributed by atoms with Gasteiger partial charge in [0.25, 0.3) is 0 Å². The second-order valence-electron chi connectivity index (χ2n) is 4.59. The molecule has 3 atom stereocenters. The minimum absolute atomic E-state index is 0.00853. The summed E-state index contributed by atoms with van der Waals surface area (Å²) in [6.45, 7) is -0.477. The Kier molecular flexibility index (Phi) is 3.50. The van der Waals surface area contributed by atoms with E-state index in [0.29, 0.717) is 0 Å². The van der Waals surface area contributed by atoms with Crippen molar-refractivity contribution >= 4 is 40.2 Å². The number of aliphatic hydroxyl groups is 3. The molecule has 3 unspecified atom stereocenters. The molecular weight excluding hydrogens is 321 g/mol. The third-order valence-electron chi connectivity index (χ3n) is 3.48. The number of nitrogen functional groups attached to an aromatic ring is 1. The number of halogens is 2. The van der Waals surface area contributed by atoms with Crippen LogP contribution in [0.3, 0.4) is 0 Å². The molecule has 2 aromatic heterocycles. The highest BCUT2D eigenvalue weighted by atomic mass is 35.5. The molecule has 5 N–H and O–H groups in total. The Hall–Kier alpha value is -1.45. The zero-order valence-corrected chi connectivity index (χ0v) is 12.0. The number of fused-ring (bicyclic) bond motifs is 1. The van der Waals surface area contributed by atoms with Crippen LogP contribution in [-0.4, -0.2) is 53.7 Å². The van der Waals surface area contributed by atoms with E-state index in [0.717, 1.165) is 0 Å². The molecule has 3 rings (SSSR count). The summed E-state index contributed by atoms with van der Waals surface area (Å²) in [6.07, 6.45) is -1.35. The summed E-state index contributed by atoms with van der Waals surface area (Å²) in [5, 5.41) is 29.4. The summed E-state index contributed by atoms with van der Waals surface area (Å²) < 4.78 is 1.35. The number of rotatable bonds is 2. The maximum atomic E-state index is 10.2. The first-order chi connectivity index (χ1) is 9.97. The van der Waals surface area contributed by atoms with E-state index in [9.17, 15) is 15.3 Å². The van der Waals surface area contributed by atoms with Crippen LogP contribution in [-0.2, 0) is 0 Å². The van der Waals surface area contributed by atoms with Crippen LogP contribution < -0.4 is 5.73 Å². The third-order valence-corrected chi connectivity index (χ3v) is 4.21. The SMILES string of the molecule is Nc1ncnc2c1nc(Cl)n2C1C(Cl)=C(CO)C(O)C1O. The van der Waals surface area contributed by atoms with Gasteiger partial charge in [-0.25, -0.2) is 15.0 Å². The Balaban J connectivity index is 2.24. The predicted molar refractivity (Wildman–Crippen MR) is 75.8 cm³/mol. The first-order valence-electron chi connectivity index (χ1n) is 5.96. The molecule has 0 radical (unpaired) electrons. The third kappa shape index (κ3) is 1.99. The second kappa shape index (κ2) is 5.08. The van der Waals surface area contributed by atoms with Gasteiger partial charge in [0.15, 0.2) is 17.0 Å². The molecule has 2 aromatic rings. The molecule has 0 amide bonds. The average Bonchev–Trinajstić information content (AvgIpc) is 2.87. The van der Waals surface area contributed by atoms with Gasteiger partial charge in [-0.1, -0.05) is 11.6 Å². The number of nitrogens with zero attached hydrogens (tertiary/aromatic N) is 4. The van der Waals surface area contributed by atoms with Gasteiger partial charge in [-0.2, -0.15) is 0 Å². The lowest BCUT2D eigenvalue weighted by Gasteiger charge is -2.20. The van der Waals surface area contributed by atoms with Gasteiger partial charge >= 0.3 is 0 Å². The van der Waals surface area contributed by atoms with Gasteiger partial charge in [0.1, 0.15) is 24.6 Å². The Labute approximate surface area is 128 Å². The van der Waals surface area contributed by atoms with E-state index in [1.807, 2.05) is 0 Å². The molecule has 2 heterocycles. The van der Waals surface area contributed by atoms with Gasteiger partial charge in [0, 0.05) is 10.6 Å². The lowest BCUT2D eigenvalue weighted by atomic mass is 10.1. The predicted octanol–water partition coefficient (Wildman–Crippen LogP) is -0.176. The molecule has 0 saturated heterocycles. The minimum atomic E-state index is -1.29. The van der Waals surface area contributed by atoms with E-state index in [-0.39, 0.29) is 32.9 Å². The Morgan fingerprint density at radius 2 is 2.00 bits per heavy atom. The average molecular weight is 332 g/mol. The molecule has 8 nitrogen and oxygen atoms in total. The van der Waals surface area contributed by atoms with Gasteiger partial charge < -0.3 is 21.1 Å². The molecule has 21 heavy (non-hydrogen) atoms. The van der Waals surface area contributed by atoms with Gasteiger partial charge in [0.2, 0.25) is 5.28 Å². The fraction of sp³-hybridized carbons (Fsp3) is 0.364. The molecule has 10 heteroatoms. The van der Waals surface area contributed by atoms with Crippen molar-refractivity contribution in [2.75, 3.05) is 12.3 Å². The summed E-state index contributed by atoms with van der Waals surface area (Å²) >= 11 is 12.2. The monoisotopic (exact) mass is 331 g/mol. The molecule has 0 spiro atoms. The molecule has 0 bridgehead atoms. The van der Waals surface area contributed by atoms with Gasteiger partial charge in [-0.15, -0.1) is 0 Å². The number of aliphatic hydroxyl groups excluding tert-OH is 3. The van der Waals surface area contributed by atoms with Gasteiger partial charge in [0.05, 0.1) is 6.61 Å². The summed E-state index contributed by atoms with van der Waals surface area (Å²) in [5.41, 5.74) is 6.39. The lowest BCUT2D eigenvalue weighted by Crippen LogP contribution is -2.30. The zero-order chi connectivity index (χ0) is 15.3. The number of nitrogens with two attached hydrogens (primary N) is 1. The van der Waals surface area contributed by atoms with E-state index in [1.54, 1.807) is 0 Å². The molecule has 1 aliphatic carbocycles. The number of imidazole rings is 1. The lowest BCUT2D eigenvalue weighted by molar-refractivity contribution is 0.0285. The minimum Gasteiger partial charge on any atom is -0.392 e. The Morgan fingerprint density at radius 1 is 1.29 bits per heavy atom. The second-order valence-corrected chi connectivity index (χ2v) is 5.34. The zero-order valence-electron chi connectivity index (χ0n) is 10.5. The van der Waals surface area contributed by atoms with Crippen molar-refractivity contribution in [2.24, 2.45) is 0 Å². The van der Waals surface area contributed by atoms with Crippen molar-refractivity contribution in [1.82, 2.24) is 19.5 Å². The van der Waals surface area contributed by atoms with Crippen LogP contribution in [0.25, 0.3) is 11.2 Å². The summed E-state index contributed by atoms with van der Waals surface area (Å²) in [7, 11) is 0. The largest absolute Gasteiger partial charge is 0.392 e. The highest BCUT2D eigenvalue weighted by Gasteiger charge is 2.42. The molecule has 1 aliphatic rings. The molecule has 0 aliphatic heterocycles. The van der Waals surface area contributed by atoms with Crippen molar-refractivity contribution in [3.63, 3.8) is 0 Å². The highest BCUT2D eigenvalue weighted by Crippen LogP contribution is 2.41.